The molecule has 0 radical (unpaired) electrons. The first-order valence-corrected chi connectivity index (χ1v) is 7.59. The molecule has 6 nitrogen and oxygen atoms in total. The first kappa shape index (κ1) is 16.2. The largest absolute Gasteiger partial charge is 0.480 e. The summed E-state index contributed by atoms with van der Waals surface area (Å²) in [5, 5.41) is 8.83. The monoisotopic (exact) mass is 326 g/mol. The Hall–Kier alpha value is -2.70. The number of carboxylic acids is 1. The molecule has 2 atom stereocenters. The fraction of sp³-hybridized carbons (Fsp3) is 0.222. The highest BCUT2D eigenvalue weighted by Gasteiger charge is 2.32. The minimum Gasteiger partial charge on any atom is -0.480 e. The van der Waals surface area contributed by atoms with Crippen molar-refractivity contribution >= 4 is 11.9 Å². The Morgan fingerprint density at radius 1 is 0.958 bits per heavy atom. The van der Waals surface area contributed by atoms with Crippen molar-refractivity contribution in [3.8, 4) is 11.1 Å². The minimum absolute atomic E-state index is 0.0902. The standard InChI is InChI=1S/C18H18N2O4/c19-15(17(21)22)16(20)18(23)24-9-14-12-7-3-1-5-10(12)11-6-2-4-8-13(11)14/h1-8,14-16H,9,19-20H2,(H,21,22)/t15-,16+/m0/s1. The maximum absolute atomic E-state index is 12.0. The van der Waals surface area contributed by atoms with Gasteiger partial charge in [0.2, 0.25) is 0 Å². The summed E-state index contributed by atoms with van der Waals surface area (Å²) in [6.45, 7) is 0.0902. The van der Waals surface area contributed by atoms with Crippen molar-refractivity contribution in [1.82, 2.24) is 0 Å². The molecule has 0 spiro atoms. The summed E-state index contributed by atoms with van der Waals surface area (Å²) in [6.07, 6.45) is 0. The van der Waals surface area contributed by atoms with Gasteiger partial charge in [0.15, 0.2) is 0 Å². The van der Waals surface area contributed by atoms with Crippen LogP contribution in [0.25, 0.3) is 11.1 Å². The number of hydrogen-bond donors (Lipinski definition) is 3. The second kappa shape index (κ2) is 6.43. The zero-order valence-electron chi connectivity index (χ0n) is 12.9. The molecule has 0 aromatic heterocycles. The number of rotatable bonds is 5. The van der Waals surface area contributed by atoms with Crippen LogP contribution in [0, 0.1) is 0 Å². The van der Waals surface area contributed by atoms with E-state index < -0.39 is 24.0 Å². The van der Waals surface area contributed by atoms with Crippen molar-refractivity contribution in [2.24, 2.45) is 11.5 Å². The third-order valence-corrected chi connectivity index (χ3v) is 4.30. The van der Waals surface area contributed by atoms with Crippen LogP contribution in [0.3, 0.4) is 0 Å². The van der Waals surface area contributed by atoms with Crippen LogP contribution in [0.1, 0.15) is 17.0 Å². The van der Waals surface area contributed by atoms with Crippen molar-refractivity contribution in [3.05, 3.63) is 59.7 Å². The number of carbonyl (C=O) groups is 2. The quantitative estimate of drug-likeness (QED) is 0.708. The van der Waals surface area contributed by atoms with Gasteiger partial charge in [-0.3, -0.25) is 9.59 Å². The van der Waals surface area contributed by atoms with E-state index in [1.54, 1.807) is 0 Å². The predicted molar refractivity (Wildman–Crippen MR) is 88.3 cm³/mol. The molecule has 2 aromatic carbocycles. The second-order valence-electron chi connectivity index (χ2n) is 5.75. The highest BCUT2D eigenvalue weighted by atomic mass is 16.5. The molecule has 0 unspecified atom stereocenters. The minimum atomic E-state index is -1.49. The van der Waals surface area contributed by atoms with E-state index in [0.717, 1.165) is 22.3 Å². The number of ether oxygens (including phenoxy) is 1. The van der Waals surface area contributed by atoms with E-state index in [9.17, 15) is 9.59 Å². The molecule has 0 saturated carbocycles. The van der Waals surface area contributed by atoms with Crippen LogP contribution in [-0.2, 0) is 14.3 Å². The van der Waals surface area contributed by atoms with Gasteiger partial charge >= 0.3 is 11.9 Å². The van der Waals surface area contributed by atoms with E-state index in [1.165, 1.54) is 0 Å². The molecule has 6 heteroatoms. The first-order chi connectivity index (χ1) is 11.5. The van der Waals surface area contributed by atoms with E-state index in [4.69, 9.17) is 21.3 Å². The van der Waals surface area contributed by atoms with E-state index >= 15 is 0 Å². The Balaban J connectivity index is 1.79. The molecule has 24 heavy (non-hydrogen) atoms. The number of nitrogens with two attached hydrogens (primary N) is 2. The number of benzene rings is 2. The third-order valence-electron chi connectivity index (χ3n) is 4.30. The summed E-state index contributed by atoms with van der Waals surface area (Å²) in [7, 11) is 0. The lowest BCUT2D eigenvalue weighted by atomic mass is 9.98. The van der Waals surface area contributed by atoms with Gasteiger partial charge < -0.3 is 21.3 Å². The van der Waals surface area contributed by atoms with Crippen molar-refractivity contribution in [1.29, 1.82) is 0 Å². The molecule has 1 aliphatic rings. The summed E-state index contributed by atoms with van der Waals surface area (Å²) in [5.41, 5.74) is 15.3. The average Bonchev–Trinajstić information content (AvgIpc) is 2.92. The van der Waals surface area contributed by atoms with Crippen LogP contribution in [0.2, 0.25) is 0 Å². The summed E-state index contributed by atoms with van der Waals surface area (Å²) in [5.74, 6) is -2.25. The normalized spacial score (nSPS) is 15.2. The Labute approximate surface area is 139 Å². The van der Waals surface area contributed by atoms with Gasteiger partial charge in [-0.15, -0.1) is 0 Å². The molecule has 1 aliphatic carbocycles. The summed E-state index contributed by atoms with van der Waals surface area (Å²) < 4.78 is 5.27. The van der Waals surface area contributed by atoms with Crippen molar-refractivity contribution in [2.75, 3.05) is 6.61 Å². The number of hydrogen-bond acceptors (Lipinski definition) is 5. The Bertz CT molecular complexity index is 745. The van der Waals surface area contributed by atoms with E-state index in [0.29, 0.717) is 0 Å². The van der Waals surface area contributed by atoms with E-state index in [2.05, 4.69) is 0 Å². The first-order valence-electron chi connectivity index (χ1n) is 7.59. The van der Waals surface area contributed by atoms with Crippen molar-refractivity contribution < 1.29 is 19.4 Å². The van der Waals surface area contributed by atoms with Gasteiger partial charge in [0.05, 0.1) is 0 Å². The molecule has 124 valence electrons. The molecule has 0 fully saturated rings. The number of aliphatic carboxylic acids is 1. The van der Waals surface area contributed by atoms with Crippen LogP contribution in [0.4, 0.5) is 0 Å². The maximum atomic E-state index is 12.0. The molecule has 0 bridgehead atoms. The lowest BCUT2D eigenvalue weighted by Crippen LogP contribution is -2.52. The number of esters is 1. The second-order valence-corrected chi connectivity index (χ2v) is 5.75. The molecule has 0 aliphatic heterocycles. The lowest BCUT2D eigenvalue weighted by Gasteiger charge is -2.18. The summed E-state index contributed by atoms with van der Waals surface area (Å²) >= 11 is 0. The smallest absolute Gasteiger partial charge is 0.325 e. The van der Waals surface area contributed by atoms with Gasteiger partial charge in [-0.05, 0) is 22.3 Å². The van der Waals surface area contributed by atoms with Crippen molar-refractivity contribution in [2.45, 2.75) is 18.0 Å². The zero-order chi connectivity index (χ0) is 17.3. The van der Waals surface area contributed by atoms with Gasteiger partial charge in [0.25, 0.3) is 0 Å². The van der Waals surface area contributed by atoms with Crippen molar-refractivity contribution in [3.63, 3.8) is 0 Å². The van der Waals surface area contributed by atoms with Crippen LogP contribution < -0.4 is 11.5 Å². The maximum Gasteiger partial charge on any atom is 0.325 e. The molecule has 2 aromatic rings. The van der Waals surface area contributed by atoms with Gasteiger partial charge in [-0.25, -0.2) is 0 Å². The third kappa shape index (κ3) is 2.77. The molecule has 0 heterocycles. The zero-order valence-corrected chi connectivity index (χ0v) is 12.9. The fourth-order valence-electron chi connectivity index (χ4n) is 3.00. The SMILES string of the molecule is N[C@H](C(=O)O)[C@@H](N)C(=O)OCC1c2ccccc2-c2ccccc21. The average molecular weight is 326 g/mol. The van der Waals surface area contributed by atoms with Crippen LogP contribution >= 0.6 is 0 Å². The highest BCUT2D eigenvalue weighted by Crippen LogP contribution is 2.44. The van der Waals surface area contributed by atoms with E-state index in [1.807, 2.05) is 48.5 Å². The summed E-state index contributed by atoms with van der Waals surface area (Å²) in [4.78, 5) is 22.8. The van der Waals surface area contributed by atoms with Gasteiger partial charge in [-0.1, -0.05) is 48.5 Å². The number of fused-ring (bicyclic) bond motifs is 3. The van der Waals surface area contributed by atoms with Gasteiger partial charge in [0.1, 0.15) is 18.7 Å². The molecule has 5 N–H and O–H groups in total. The molecular weight excluding hydrogens is 308 g/mol. The number of carboxylic acid groups (broad SMARTS) is 1. The van der Waals surface area contributed by atoms with E-state index in [-0.39, 0.29) is 12.5 Å². The topological polar surface area (TPSA) is 116 Å². The number of carbonyl (C=O) groups excluding carboxylic acids is 1. The molecular formula is C18H18N2O4. The Kier molecular flexibility index (Phi) is 4.33. The molecule has 0 amide bonds. The molecule has 3 rings (SSSR count). The Morgan fingerprint density at radius 3 is 1.96 bits per heavy atom. The van der Waals surface area contributed by atoms with Gasteiger partial charge in [0, 0.05) is 5.92 Å². The Morgan fingerprint density at radius 2 is 1.46 bits per heavy atom. The molecule has 0 saturated heterocycles. The van der Waals surface area contributed by atoms with Crippen LogP contribution in [0.15, 0.2) is 48.5 Å². The van der Waals surface area contributed by atoms with Crippen LogP contribution in [-0.4, -0.2) is 35.7 Å². The summed E-state index contributed by atoms with van der Waals surface area (Å²) in [6, 6.07) is 13.0. The highest BCUT2D eigenvalue weighted by molar-refractivity contribution is 5.86. The predicted octanol–water partition coefficient (Wildman–Crippen LogP) is 1.08. The van der Waals surface area contributed by atoms with Gasteiger partial charge in [-0.2, -0.15) is 0 Å². The lowest BCUT2D eigenvalue weighted by molar-refractivity contribution is -0.150. The van der Waals surface area contributed by atoms with Crippen LogP contribution in [0.5, 0.6) is 0 Å². The fourth-order valence-corrected chi connectivity index (χ4v) is 3.00.